The number of carboxylic acid groups (broad SMARTS) is 1. The molecule has 0 bridgehead atoms. The molecule has 2 N–H and O–H groups in total. The van der Waals surface area contributed by atoms with Gasteiger partial charge in [0, 0.05) is 10.7 Å². The number of carboxylic acids is 1. The quantitative estimate of drug-likeness (QED) is 0.831. The van der Waals surface area contributed by atoms with Crippen LogP contribution in [0.15, 0.2) is 16.7 Å². The molecule has 6 heteroatoms. The van der Waals surface area contributed by atoms with Gasteiger partial charge in [0.15, 0.2) is 0 Å². The lowest BCUT2D eigenvalue weighted by Crippen LogP contribution is -2.06. The molecule has 0 aliphatic heterocycles. The molecule has 76 valence electrons. The molecule has 14 heavy (non-hydrogen) atoms. The van der Waals surface area contributed by atoms with Crippen molar-refractivity contribution in [3.8, 4) is 0 Å². The molecule has 1 atom stereocenters. The molecule has 0 saturated heterocycles. The van der Waals surface area contributed by atoms with Gasteiger partial charge >= 0.3 is 5.97 Å². The van der Waals surface area contributed by atoms with Gasteiger partial charge in [-0.2, -0.15) is 0 Å². The van der Waals surface area contributed by atoms with Crippen molar-refractivity contribution in [2.75, 3.05) is 0 Å². The summed E-state index contributed by atoms with van der Waals surface area (Å²) in [4.78, 5) is 14.1. The lowest BCUT2D eigenvalue weighted by Gasteiger charge is -2.10. The van der Waals surface area contributed by atoms with E-state index >= 15 is 0 Å². The van der Waals surface area contributed by atoms with Crippen molar-refractivity contribution in [3.05, 3.63) is 27.5 Å². The Labute approximate surface area is 93.7 Å². The first-order chi connectivity index (χ1) is 6.50. The lowest BCUT2D eigenvalue weighted by molar-refractivity contribution is -0.139. The topological polar surface area (TPSA) is 70.4 Å². The van der Waals surface area contributed by atoms with Gasteiger partial charge in [0.2, 0.25) is 0 Å². The molecule has 0 amide bonds. The molecule has 1 aromatic heterocycles. The second-order valence-electron chi connectivity index (χ2n) is 2.64. The fraction of sp³-hybridized carbons (Fsp3) is 0.250. The third-order valence-electron chi connectivity index (χ3n) is 1.58. The Morgan fingerprint density at radius 1 is 1.71 bits per heavy atom. The Morgan fingerprint density at radius 2 is 2.36 bits per heavy atom. The van der Waals surface area contributed by atoms with Crippen molar-refractivity contribution in [3.63, 3.8) is 0 Å². The van der Waals surface area contributed by atoms with Crippen LogP contribution in [0.1, 0.15) is 18.1 Å². The summed E-state index contributed by atoms with van der Waals surface area (Å²) in [5.41, 5.74) is 0.424. The summed E-state index contributed by atoms with van der Waals surface area (Å²) in [5.74, 6) is -1.07. The average molecular weight is 281 g/mol. The molecule has 0 aliphatic carbocycles. The number of hydrogen-bond donors (Lipinski definition) is 2. The number of aliphatic carboxylic acids is 1. The Balaban J connectivity index is 2.93. The van der Waals surface area contributed by atoms with E-state index in [4.69, 9.17) is 16.7 Å². The number of aliphatic hydroxyl groups is 1. The molecular formula is C8H7BrClNO3. The van der Waals surface area contributed by atoms with Gasteiger partial charge in [-0.3, -0.25) is 4.79 Å². The molecule has 0 aliphatic rings. The molecule has 1 aromatic rings. The summed E-state index contributed by atoms with van der Waals surface area (Å²) in [6.45, 7) is 0. The third-order valence-corrected chi connectivity index (χ3v) is 2.45. The molecule has 0 aromatic carbocycles. The Hall–Kier alpha value is -0.650. The van der Waals surface area contributed by atoms with E-state index in [2.05, 4.69) is 20.9 Å². The van der Waals surface area contributed by atoms with Crippen LogP contribution in [0.4, 0.5) is 0 Å². The lowest BCUT2D eigenvalue weighted by atomic mass is 10.1. The van der Waals surface area contributed by atoms with Crippen LogP contribution in [0.5, 0.6) is 0 Å². The molecule has 0 radical (unpaired) electrons. The summed E-state index contributed by atoms with van der Waals surface area (Å²) >= 11 is 8.75. The highest BCUT2D eigenvalue weighted by molar-refractivity contribution is 9.10. The minimum absolute atomic E-state index is 0.215. The molecule has 0 saturated carbocycles. The number of aliphatic hydroxyl groups excluding tert-OH is 1. The SMILES string of the molecule is O=C(O)CC(O)c1cc(Cl)ncc1Br. The number of aromatic nitrogens is 1. The van der Waals surface area contributed by atoms with E-state index in [1.165, 1.54) is 12.3 Å². The van der Waals surface area contributed by atoms with E-state index in [0.29, 0.717) is 10.0 Å². The van der Waals surface area contributed by atoms with Crippen LogP contribution in [-0.4, -0.2) is 21.2 Å². The van der Waals surface area contributed by atoms with Gasteiger partial charge < -0.3 is 10.2 Å². The van der Waals surface area contributed by atoms with Gasteiger partial charge in [-0.1, -0.05) is 11.6 Å². The van der Waals surface area contributed by atoms with Gasteiger partial charge in [0.25, 0.3) is 0 Å². The van der Waals surface area contributed by atoms with Crippen molar-refractivity contribution in [1.29, 1.82) is 0 Å². The predicted octanol–water partition coefficient (Wildman–Crippen LogP) is 2.01. The zero-order chi connectivity index (χ0) is 10.7. The summed E-state index contributed by atoms with van der Waals surface area (Å²) in [6.07, 6.45) is -0.0239. The summed E-state index contributed by atoms with van der Waals surface area (Å²) in [5, 5.41) is 18.2. The van der Waals surface area contributed by atoms with Crippen LogP contribution >= 0.6 is 27.5 Å². The highest BCUT2D eigenvalue weighted by Crippen LogP contribution is 2.26. The fourth-order valence-electron chi connectivity index (χ4n) is 0.958. The number of pyridine rings is 1. The van der Waals surface area contributed by atoms with Crippen molar-refractivity contribution in [2.45, 2.75) is 12.5 Å². The number of halogens is 2. The maximum Gasteiger partial charge on any atom is 0.306 e. The Bertz CT molecular complexity index is 358. The molecule has 4 nitrogen and oxygen atoms in total. The first-order valence-corrected chi connectivity index (χ1v) is 4.88. The summed E-state index contributed by atoms with van der Waals surface area (Å²) in [6, 6.07) is 1.43. The second kappa shape index (κ2) is 4.72. The standard InChI is InChI=1S/C8H7BrClNO3/c9-5-3-11-7(10)1-4(5)6(12)2-8(13)14/h1,3,6,12H,2H2,(H,13,14). The predicted molar refractivity (Wildman–Crippen MR) is 54.2 cm³/mol. The van der Waals surface area contributed by atoms with E-state index in [1.807, 2.05) is 0 Å². The maximum atomic E-state index is 10.4. The van der Waals surface area contributed by atoms with E-state index in [0.717, 1.165) is 0 Å². The summed E-state index contributed by atoms with van der Waals surface area (Å²) < 4.78 is 0.538. The number of rotatable bonds is 3. The van der Waals surface area contributed by atoms with Gasteiger partial charge in [-0.15, -0.1) is 0 Å². The van der Waals surface area contributed by atoms with Gasteiger partial charge in [0.05, 0.1) is 12.5 Å². The zero-order valence-corrected chi connectivity index (χ0v) is 9.29. The van der Waals surface area contributed by atoms with Crippen LogP contribution in [0.25, 0.3) is 0 Å². The largest absolute Gasteiger partial charge is 0.481 e. The highest BCUT2D eigenvalue weighted by Gasteiger charge is 2.15. The normalized spacial score (nSPS) is 12.5. The fourth-order valence-corrected chi connectivity index (χ4v) is 1.61. The van der Waals surface area contributed by atoms with Crippen molar-refractivity contribution < 1.29 is 15.0 Å². The molecule has 0 fully saturated rings. The van der Waals surface area contributed by atoms with Gasteiger partial charge in [-0.05, 0) is 27.6 Å². The molecule has 0 spiro atoms. The van der Waals surface area contributed by atoms with E-state index in [-0.39, 0.29) is 11.6 Å². The third kappa shape index (κ3) is 2.94. The van der Waals surface area contributed by atoms with E-state index in [1.54, 1.807) is 0 Å². The van der Waals surface area contributed by atoms with Crippen LogP contribution < -0.4 is 0 Å². The second-order valence-corrected chi connectivity index (χ2v) is 3.88. The Kier molecular flexibility index (Phi) is 3.86. The van der Waals surface area contributed by atoms with E-state index in [9.17, 15) is 9.90 Å². The minimum atomic E-state index is -1.08. The van der Waals surface area contributed by atoms with Crippen molar-refractivity contribution in [2.24, 2.45) is 0 Å². The highest BCUT2D eigenvalue weighted by atomic mass is 79.9. The molecular weight excluding hydrogens is 273 g/mol. The van der Waals surface area contributed by atoms with Gasteiger partial charge in [-0.25, -0.2) is 4.98 Å². The first-order valence-electron chi connectivity index (χ1n) is 3.71. The molecule has 1 heterocycles. The number of nitrogens with zero attached hydrogens (tertiary/aromatic N) is 1. The average Bonchev–Trinajstić information content (AvgIpc) is 2.08. The molecule has 1 rings (SSSR count). The van der Waals surface area contributed by atoms with Crippen LogP contribution in [-0.2, 0) is 4.79 Å². The van der Waals surface area contributed by atoms with Crippen molar-refractivity contribution in [1.82, 2.24) is 4.98 Å². The minimum Gasteiger partial charge on any atom is -0.481 e. The zero-order valence-electron chi connectivity index (χ0n) is 6.94. The monoisotopic (exact) mass is 279 g/mol. The number of carbonyl (C=O) groups is 1. The molecule has 1 unspecified atom stereocenters. The number of hydrogen-bond acceptors (Lipinski definition) is 3. The van der Waals surface area contributed by atoms with Crippen LogP contribution in [0.2, 0.25) is 5.15 Å². The van der Waals surface area contributed by atoms with Crippen molar-refractivity contribution >= 4 is 33.5 Å². The first kappa shape index (κ1) is 11.4. The van der Waals surface area contributed by atoms with E-state index < -0.39 is 12.1 Å². The smallest absolute Gasteiger partial charge is 0.306 e. The summed E-state index contributed by atoms with van der Waals surface area (Å²) in [7, 11) is 0. The Morgan fingerprint density at radius 3 is 2.93 bits per heavy atom. The van der Waals surface area contributed by atoms with Crippen LogP contribution in [0, 0.1) is 0 Å². The van der Waals surface area contributed by atoms with Crippen LogP contribution in [0.3, 0.4) is 0 Å². The maximum absolute atomic E-state index is 10.4. The van der Waals surface area contributed by atoms with Gasteiger partial charge in [0.1, 0.15) is 5.15 Å².